The molecule has 140 valence electrons. The number of hydrogen-bond donors (Lipinski definition) is 1. The van der Waals surface area contributed by atoms with Crippen LogP contribution in [0.1, 0.15) is 18.4 Å². The number of methoxy groups -OCH3 is 1. The molecule has 0 amide bonds. The van der Waals surface area contributed by atoms with Crippen LogP contribution in [0.4, 0.5) is 11.6 Å². The Balaban J connectivity index is 1.38. The Morgan fingerprint density at radius 3 is 2.78 bits per heavy atom. The monoisotopic (exact) mass is 364 g/mol. The lowest BCUT2D eigenvalue weighted by atomic mass is 10.1. The van der Waals surface area contributed by atoms with Gasteiger partial charge in [-0.2, -0.15) is 5.10 Å². The average molecular weight is 364 g/mol. The van der Waals surface area contributed by atoms with E-state index in [4.69, 9.17) is 4.74 Å². The number of benzene rings is 1. The van der Waals surface area contributed by atoms with Gasteiger partial charge in [0.25, 0.3) is 0 Å². The van der Waals surface area contributed by atoms with Crippen LogP contribution in [-0.4, -0.2) is 46.0 Å². The molecule has 1 saturated heterocycles. The molecule has 1 fully saturated rings. The Bertz CT molecular complexity index is 848. The van der Waals surface area contributed by atoms with Gasteiger partial charge >= 0.3 is 0 Å². The highest BCUT2D eigenvalue weighted by atomic mass is 16.5. The van der Waals surface area contributed by atoms with E-state index in [9.17, 15) is 0 Å². The second-order valence-corrected chi connectivity index (χ2v) is 6.75. The van der Waals surface area contributed by atoms with Gasteiger partial charge in [0.1, 0.15) is 5.75 Å². The average Bonchev–Trinajstić information content (AvgIpc) is 3.18. The maximum absolute atomic E-state index is 5.21. The molecule has 4 rings (SSSR count). The second kappa shape index (κ2) is 8.07. The van der Waals surface area contributed by atoms with Crippen LogP contribution >= 0.6 is 0 Å². The lowest BCUT2D eigenvalue weighted by Gasteiger charge is -2.33. The molecule has 2 aromatic heterocycles. The van der Waals surface area contributed by atoms with Gasteiger partial charge in [0.15, 0.2) is 0 Å². The number of ether oxygens (including phenoxy) is 1. The first kappa shape index (κ1) is 17.3. The molecule has 1 aromatic carbocycles. The van der Waals surface area contributed by atoms with Crippen LogP contribution in [0.2, 0.25) is 0 Å². The van der Waals surface area contributed by atoms with Gasteiger partial charge in [-0.1, -0.05) is 12.1 Å². The van der Waals surface area contributed by atoms with E-state index in [-0.39, 0.29) is 0 Å². The number of anilines is 2. The smallest absolute Gasteiger partial charge is 0.222 e. The van der Waals surface area contributed by atoms with Crippen molar-refractivity contribution in [3.63, 3.8) is 0 Å². The van der Waals surface area contributed by atoms with E-state index in [1.54, 1.807) is 19.5 Å². The van der Waals surface area contributed by atoms with Gasteiger partial charge in [-0.3, -0.25) is 4.68 Å². The fourth-order valence-corrected chi connectivity index (χ4v) is 3.41. The van der Waals surface area contributed by atoms with Crippen LogP contribution in [-0.2, 0) is 6.54 Å². The van der Waals surface area contributed by atoms with Crippen molar-refractivity contribution in [3.8, 4) is 5.75 Å². The van der Waals surface area contributed by atoms with E-state index >= 15 is 0 Å². The summed E-state index contributed by atoms with van der Waals surface area (Å²) < 4.78 is 7.19. The molecule has 1 aliphatic rings. The third-order valence-corrected chi connectivity index (χ3v) is 4.81. The van der Waals surface area contributed by atoms with E-state index in [0.717, 1.165) is 43.9 Å². The summed E-state index contributed by atoms with van der Waals surface area (Å²) in [6, 6.07) is 10.3. The minimum Gasteiger partial charge on any atom is -0.497 e. The minimum atomic E-state index is 0.339. The minimum absolute atomic E-state index is 0.339. The van der Waals surface area contributed by atoms with Crippen molar-refractivity contribution in [1.29, 1.82) is 0 Å². The van der Waals surface area contributed by atoms with Crippen molar-refractivity contribution in [2.75, 3.05) is 30.4 Å². The number of hydrogen-bond acceptors (Lipinski definition) is 6. The largest absolute Gasteiger partial charge is 0.497 e. The Morgan fingerprint density at radius 2 is 2.00 bits per heavy atom. The van der Waals surface area contributed by atoms with Gasteiger partial charge in [0, 0.05) is 37.7 Å². The lowest BCUT2D eigenvalue weighted by molar-refractivity contribution is 0.414. The standard InChI is InChI=1S/C20H24N6O/c1-27-19-7-5-16(6-8-19)13-26-15-18(12-23-26)25-11-2-4-17(14-25)24-20-21-9-3-10-22-20/h3,5-10,12,15,17H,2,4,11,13-14H2,1H3,(H,21,22,24). The van der Waals surface area contributed by atoms with Crippen LogP contribution in [0.3, 0.4) is 0 Å². The molecule has 0 radical (unpaired) electrons. The first-order chi connectivity index (χ1) is 13.3. The predicted octanol–water partition coefficient (Wildman–Crippen LogP) is 2.81. The summed E-state index contributed by atoms with van der Waals surface area (Å²) in [6.45, 7) is 2.71. The number of rotatable bonds is 6. The van der Waals surface area contributed by atoms with Crippen LogP contribution in [0.15, 0.2) is 55.1 Å². The third-order valence-electron chi connectivity index (χ3n) is 4.81. The van der Waals surface area contributed by atoms with Gasteiger partial charge in [0.2, 0.25) is 5.95 Å². The van der Waals surface area contributed by atoms with Crippen LogP contribution < -0.4 is 15.0 Å². The molecule has 7 nitrogen and oxygen atoms in total. The summed E-state index contributed by atoms with van der Waals surface area (Å²) in [5.41, 5.74) is 2.36. The Morgan fingerprint density at radius 1 is 1.19 bits per heavy atom. The molecular weight excluding hydrogens is 340 g/mol. The summed E-state index contributed by atoms with van der Waals surface area (Å²) in [5, 5.41) is 7.97. The van der Waals surface area contributed by atoms with E-state index in [0.29, 0.717) is 12.0 Å². The first-order valence-electron chi connectivity index (χ1n) is 9.24. The van der Waals surface area contributed by atoms with Crippen molar-refractivity contribution in [3.05, 3.63) is 60.7 Å². The fourth-order valence-electron chi connectivity index (χ4n) is 3.41. The molecule has 1 atom stereocenters. The van der Waals surface area contributed by atoms with Crippen molar-refractivity contribution < 1.29 is 4.74 Å². The zero-order valence-electron chi connectivity index (χ0n) is 15.5. The Labute approximate surface area is 159 Å². The maximum atomic E-state index is 5.21. The predicted molar refractivity (Wildman–Crippen MR) is 105 cm³/mol. The molecule has 3 aromatic rings. The zero-order valence-corrected chi connectivity index (χ0v) is 15.5. The lowest BCUT2D eigenvalue weighted by Crippen LogP contribution is -2.42. The van der Waals surface area contributed by atoms with Gasteiger partial charge in [0.05, 0.1) is 25.5 Å². The van der Waals surface area contributed by atoms with Crippen LogP contribution in [0.25, 0.3) is 0 Å². The SMILES string of the molecule is COc1ccc(Cn2cc(N3CCCC(Nc4ncccn4)C3)cn2)cc1. The number of piperidine rings is 1. The van der Waals surface area contributed by atoms with Gasteiger partial charge in [-0.05, 0) is 36.6 Å². The number of nitrogens with one attached hydrogen (secondary N) is 1. The van der Waals surface area contributed by atoms with Crippen molar-refractivity contribution in [1.82, 2.24) is 19.7 Å². The summed E-state index contributed by atoms with van der Waals surface area (Å²) in [7, 11) is 1.68. The zero-order chi connectivity index (χ0) is 18.5. The molecule has 1 aliphatic heterocycles. The first-order valence-corrected chi connectivity index (χ1v) is 9.24. The van der Waals surface area contributed by atoms with Crippen LogP contribution in [0, 0.1) is 0 Å². The maximum Gasteiger partial charge on any atom is 0.222 e. The molecule has 27 heavy (non-hydrogen) atoms. The second-order valence-electron chi connectivity index (χ2n) is 6.75. The highest BCUT2D eigenvalue weighted by Gasteiger charge is 2.21. The highest BCUT2D eigenvalue weighted by molar-refractivity contribution is 5.44. The number of aromatic nitrogens is 4. The van der Waals surface area contributed by atoms with E-state index in [1.165, 1.54) is 5.56 Å². The van der Waals surface area contributed by atoms with E-state index in [1.807, 2.05) is 29.1 Å². The van der Waals surface area contributed by atoms with Crippen LogP contribution in [0.5, 0.6) is 5.75 Å². The molecule has 0 spiro atoms. The van der Waals surface area contributed by atoms with E-state index in [2.05, 4.69) is 43.6 Å². The highest BCUT2D eigenvalue weighted by Crippen LogP contribution is 2.21. The molecule has 0 bridgehead atoms. The quantitative estimate of drug-likeness (QED) is 0.725. The van der Waals surface area contributed by atoms with Crippen molar-refractivity contribution in [2.24, 2.45) is 0 Å². The molecule has 0 saturated carbocycles. The van der Waals surface area contributed by atoms with Crippen molar-refractivity contribution >= 4 is 11.6 Å². The van der Waals surface area contributed by atoms with Gasteiger partial charge < -0.3 is 15.0 Å². The third kappa shape index (κ3) is 4.36. The van der Waals surface area contributed by atoms with Gasteiger partial charge in [-0.25, -0.2) is 9.97 Å². The van der Waals surface area contributed by atoms with Crippen molar-refractivity contribution in [2.45, 2.75) is 25.4 Å². The topological polar surface area (TPSA) is 68.1 Å². The molecule has 1 unspecified atom stereocenters. The molecule has 0 aliphatic carbocycles. The molecular formula is C20H24N6O. The molecule has 7 heteroatoms. The van der Waals surface area contributed by atoms with E-state index < -0.39 is 0 Å². The Hall–Kier alpha value is -3.09. The molecule has 1 N–H and O–H groups in total. The molecule has 3 heterocycles. The summed E-state index contributed by atoms with van der Waals surface area (Å²) in [6.07, 6.45) is 9.84. The Kier molecular flexibility index (Phi) is 5.18. The van der Waals surface area contributed by atoms with Gasteiger partial charge in [-0.15, -0.1) is 0 Å². The summed E-state index contributed by atoms with van der Waals surface area (Å²) in [5.74, 6) is 1.56. The summed E-state index contributed by atoms with van der Waals surface area (Å²) in [4.78, 5) is 10.9. The normalized spacial score (nSPS) is 16.9. The fraction of sp³-hybridized carbons (Fsp3) is 0.350. The summed E-state index contributed by atoms with van der Waals surface area (Å²) >= 11 is 0. The number of nitrogens with zero attached hydrogens (tertiary/aromatic N) is 5.